The molecule has 2 aliphatic rings. The van der Waals surface area contributed by atoms with Crippen molar-refractivity contribution in [3.8, 4) is 0 Å². The molecule has 16 heavy (non-hydrogen) atoms. The van der Waals surface area contributed by atoms with Crippen LogP contribution in [0.1, 0.15) is 45.4 Å². The number of hydrogen-bond acceptors (Lipinski definition) is 3. The Morgan fingerprint density at radius 1 is 0.875 bits per heavy atom. The quantitative estimate of drug-likeness (QED) is 0.712. The monoisotopic (exact) mass is 259 g/mol. The van der Waals surface area contributed by atoms with Gasteiger partial charge >= 0.3 is 0 Å². The number of thioether (sulfide) groups is 2. The van der Waals surface area contributed by atoms with Crippen molar-refractivity contribution in [1.29, 1.82) is 0 Å². The summed E-state index contributed by atoms with van der Waals surface area (Å²) in [6, 6.07) is 0. The van der Waals surface area contributed by atoms with E-state index in [1.807, 2.05) is 0 Å². The van der Waals surface area contributed by atoms with Crippen molar-refractivity contribution in [2.45, 2.75) is 55.9 Å². The minimum atomic E-state index is 0.872. The Morgan fingerprint density at radius 2 is 1.62 bits per heavy atom. The Labute approximate surface area is 109 Å². The van der Waals surface area contributed by atoms with Crippen LogP contribution in [0.2, 0.25) is 0 Å². The fraction of sp³-hybridized carbons (Fsp3) is 1.00. The van der Waals surface area contributed by atoms with Crippen molar-refractivity contribution in [3.05, 3.63) is 0 Å². The second kappa shape index (κ2) is 7.17. The van der Waals surface area contributed by atoms with Crippen molar-refractivity contribution in [2.75, 3.05) is 18.2 Å². The van der Waals surface area contributed by atoms with Gasteiger partial charge in [-0.2, -0.15) is 0 Å². The van der Waals surface area contributed by atoms with Crippen molar-refractivity contribution in [2.24, 2.45) is 5.92 Å². The van der Waals surface area contributed by atoms with E-state index in [4.69, 9.17) is 0 Å². The molecule has 2 heterocycles. The van der Waals surface area contributed by atoms with Gasteiger partial charge in [0.2, 0.25) is 0 Å². The number of nitrogens with one attached hydrogen (secondary N) is 1. The van der Waals surface area contributed by atoms with E-state index < -0.39 is 0 Å². The molecule has 0 bridgehead atoms. The summed E-state index contributed by atoms with van der Waals surface area (Å²) in [6.45, 7) is 4.87. The third-order valence-corrected chi connectivity index (χ3v) is 6.93. The highest BCUT2D eigenvalue weighted by Crippen LogP contribution is 2.39. The highest BCUT2D eigenvalue weighted by Gasteiger charge is 2.27. The van der Waals surface area contributed by atoms with E-state index in [2.05, 4.69) is 35.8 Å². The van der Waals surface area contributed by atoms with Crippen LogP contribution in [-0.2, 0) is 0 Å². The van der Waals surface area contributed by atoms with Crippen LogP contribution in [0.5, 0.6) is 0 Å². The van der Waals surface area contributed by atoms with Gasteiger partial charge in [-0.3, -0.25) is 0 Å². The lowest BCUT2D eigenvalue weighted by Gasteiger charge is -2.21. The third-order valence-electron chi connectivity index (χ3n) is 3.75. The molecule has 0 amide bonds. The first kappa shape index (κ1) is 13.1. The van der Waals surface area contributed by atoms with Crippen LogP contribution in [0.4, 0.5) is 0 Å². The van der Waals surface area contributed by atoms with Crippen molar-refractivity contribution in [3.63, 3.8) is 0 Å². The summed E-state index contributed by atoms with van der Waals surface area (Å²) < 4.78 is 0. The molecule has 1 N–H and O–H groups in total. The number of fused-ring (bicyclic) bond motifs is 1. The summed E-state index contributed by atoms with van der Waals surface area (Å²) in [7, 11) is 0. The van der Waals surface area contributed by atoms with E-state index in [1.54, 1.807) is 0 Å². The smallest absolute Gasteiger partial charge is 0.0398 e. The van der Waals surface area contributed by atoms with Gasteiger partial charge in [-0.25, -0.2) is 0 Å². The van der Waals surface area contributed by atoms with E-state index in [1.165, 1.54) is 56.7 Å². The first-order valence-electron chi connectivity index (χ1n) is 6.80. The van der Waals surface area contributed by atoms with Gasteiger partial charge in [0.1, 0.15) is 0 Å². The molecule has 94 valence electrons. The van der Waals surface area contributed by atoms with Crippen molar-refractivity contribution >= 4 is 23.5 Å². The zero-order valence-corrected chi connectivity index (χ0v) is 12.0. The van der Waals surface area contributed by atoms with Crippen LogP contribution in [0, 0.1) is 5.92 Å². The number of rotatable bonds is 0. The first-order chi connectivity index (χ1) is 7.86. The van der Waals surface area contributed by atoms with Gasteiger partial charge in [0.25, 0.3) is 0 Å². The van der Waals surface area contributed by atoms with Gasteiger partial charge in [0.15, 0.2) is 0 Å². The van der Waals surface area contributed by atoms with E-state index >= 15 is 0 Å². The fourth-order valence-corrected chi connectivity index (χ4v) is 6.07. The van der Waals surface area contributed by atoms with Gasteiger partial charge in [0, 0.05) is 22.1 Å². The van der Waals surface area contributed by atoms with Crippen molar-refractivity contribution < 1.29 is 0 Å². The number of hydrogen-bond donors (Lipinski definition) is 1. The molecule has 1 nitrogen and oxygen atoms in total. The van der Waals surface area contributed by atoms with E-state index in [0.29, 0.717) is 0 Å². The summed E-state index contributed by atoms with van der Waals surface area (Å²) >= 11 is 4.38. The average Bonchev–Trinajstić information content (AvgIpc) is 2.69. The molecule has 2 fully saturated rings. The average molecular weight is 259 g/mol. The summed E-state index contributed by atoms with van der Waals surface area (Å²) in [6.07, 6.45) is 8.71. The zero-order chi connectivity index (χ0) is 11.2. The third kappa shape index (κ3) is 4.15. The first-order valence-corrected chi connectivity index (χ1v) is 8.90. The van der Waals surface area contributed by atoms with Gasteiger partial charge < -0.3 is 5.32 Å². The standard InChI is InChI=1S/C13H25NS2/c1-11-6-4-2-3-5-7-12-13(9-14-8-11)16-10-15-12/h11-14H,2-10H2,1H3/t11?,12-,13?/m1/s1. The maximum atomic E-state index is 3.69. The molecule has 0 spiro atoms. The Bertz CT molecular complexity index is 198. The van der Waals surface area contributed by atoms with Crippen LogP contribution in [0.3, 0.4) is 0 Å². The highest BCUT2D eigenvalue weighted by atomic mass is 32.2. The lowest BCUT2D eigenvalue weighted by Crippen LogP contribution is -2.32. The fourth-order valence-electron chi connectivity index (χ4n) is 2.65. The summed E-state index contributed by atoms with van der Waals surface area (Å²) in [5, 5.41) is 6.84. The summed E-state index contributed by atoms with van der Waals surface area (Å²) in [5.74, 6) is 0.872. The van der Waals surface area contributed by atoms with Gasteiger partial charge in [-0.15, -0.1) is 23.5 Å². The zero-order valence-electron chi connectivity index (χ0n) is 10.4. The summed E-state index contributed by atoms with van der Waals surface area (Å²) in [4.78, 5) is 0. The van der Waals surface area contributed by atoms with E-state index in [-0.39, 0.29) is 0 Å². The second-order valence-corrected chi connectivity index (χ2v) is 8.10. The molecular weight excluding hydrogens is 234 g/mol. The SMILES string of the molecule is CC1CCCCCC[C@H]2SCSC2CNC1. The van der Waals surface area contributed by atoms with Gasteiger partial charge in [0.05, 0.1) is 0 Å². The predicted molar refractivity (Wildman–Crippen MR) is 77.4 cm³/mol. The Hall–Kier alpha value is 0.660. The minimum Gasteiger partial charge on any atom is -0.315 e. The van der Waals surface area contributed by atoms with Gasteiger partial charge in [-0.1, -0.05) is 32.6 Å². The van der Waals surface area contributed by atoms with Crippen LogP contribution in [-0.4, -0.2) is 28.7 Å². The molecular formula is C13H25NS2. The predicted octanol–water partition coefficient (Wildman–Crippen LogP) is 3.74. The summed E-state index contributed by atoms with van der Waals surface area (Å²) in [5.41, 5.74) is 0. The topological polar surface area (TPSA) is 12.0 Å². The molecule has 0 saturated carbocycles. The molecule has 2 rings (SSSR count). The molecule has 0 radical (unpaired) electrons. The van der Waals surface area contributed by atoms with Crippen molar-refractivity contribution in [1.82, 2.24) is 5.32 Å². The maximum Gasteiger partial charge on any atom is 0.0398 e. The lowest BCUT2D eigenvalue weighted by atomic mass is 10.0. The molecule has 3 heteroatoms. The van der Waals surface area contributed by atoms with Crippen LogP contribution >= 0.6 is 23.5 Å². The largest absolute Gasteiger partial charge is 0.315 e. The molecule has 2 saturated heterocycles. The van der Waals surface area contributed by atoms with Crippen LogP contribution in [0.25, 0.3) is 0 Å². The normalized spacial score (nSPS) is 38.4. The van der Waals surface area contributed by atoms with Gasteiger partial charge in [-0.05, 0) is 25.3 Å². The van der Waals surface area contributed by atoms with E-state index in [9.17, 15) is 0 Å². The molecule has 0 aromatic heterocycles. The lowest BCUT2D eigenvalue weighted by molar-refractivity contribution is 0.439. The molecule has 2 aliphatic heterocycles. The highest BCUT2D eigenvalue weighted by molar-refractivity contribution is 8.19. The minimum absolute atomic E-state index is 0.872. The Balaban J connectivity index is 1.80. The molecule has 0 aromatic rings. The van der Waals surface area contributed by atoms with E-state index in [0.717, 1.165) is 16.4 Å². The Morgan fingerprint density at radius 3 is 2.50 bits per heavy atom. The molecule has 2 unspecified atom stereocenters. The molecule has 0 aromatic carbocycles. The van der Waals surface area contributed by atoms with Crippen LogP contribution < -0.4 is 5.32 Å². The molecule has 3 atom stereocenters. The molecule has 0 aliphatic carbocycles. The van der Waals surface area contributed by atoms with Crippen LogP contribution in [0.15, 0.2) is 0 Å². The maximum absolute atomic E-state index is 3.69. The second-order valence-electron chi connectivity index (χ2n) is 5.28. The Kier molecular flexibility index (Phi) is 5.87.